The minimum absolute atomic E-state index is 0.0611. The Balaban J connectivity index is 1.66. The first-order chi connectivity index (χ1) is 15.3. The van der Waals surface area contributed by atoms with Crippen LogP contribution in [0.5, 0.6) is 0 Å². The first kappa shape index (κ1) is 23.3. The molecule has 3 rings (SSSR count). The molecule has 0 aliphatic heterocycles. The maximum absolute atomic E-state index is 12.7. The molecule has 168 valence electrons. The maximum Gasteiger partial charge on any atom is 0.311 e. The monoisotopic (exact) mass is 433 g/mol. The summed E-state index contributed by atoms with van der Waals surface area (Å²) in [4.78, 5) is 25.3. The minimum Gasteiger partial charge on any atom is -0.452 e. The standard InChI is InChI=1S/C26H31N3O3/c1-6-17(2)22-14-10-11-15-24(22)27-26(31)20(5)32-25(30)16-23-18(3)28-29(19(23)4)21-12-8-7-9-13-21/h7-15,17,20H,6,16H2,1-5H3,(H,27,31). The number of carbonyl (C=O) groups is 2. The maximum atomic E-state index is 12.7. The lowest BCUT2D eigenvalue weighted by molar-refractivity contribution is -0.152. The van der Waals surface area contributed by atoms with Gasteiger partial charge < -0.3 is 10.1 Å². The quantitative estimate of drug-likeness (QED) is 0.501. The third-order valence-corrected chi connectivity index (χ3v) is 5.80. The number of aromatic nitrogens is 2. The van der Waals surface area contributed by atoms with Crippen molar-refractivity contribution in [1.29, 1.82) is 0 Å². The van der Waals surface area contributed by atoms with Crippen molar-refractivity contribution in [3.05, 3.63) is 77.1 Å². The lowest BCUT2D eigenvalue weighted by Gasteiger charge is -2.18. The molecule has 1 amide bonds. The number of nitrogens with one attached hydrogen (secondary N) is 1. The molecule has 2 atom stereocenters. The van der Waals surface area contributed by atoms with Crippen LogP contribution in [0.15, 0.2) is 54.6 Å². The summed E-state index contributed by atoms with van der Waals surface area (Å²) < 4.78 is 7.27. The molecule has 0 saturated heterocycles. The van der Waals surface area contributed by atoms with Gasteiger partial charge in [0.25, 0.3) is 5.91 Å². The highest BCUT2D eigenvalue weighted by atomic mass is 16.5. The predicted octanol–water partition coefficient (Wildman–Crippen LogP) is 5.12. The van der Waals surface area contributed by atoms with Crippen molar-refractivity contribution in [2.75, 3.05) is 5.32 Å². The average Bonchev–Trinajstić information content (AvgIpc) is 3.07. The summed E-state index contributed by atoms with van der Waals surface area (Å²) in [6, 6.07) is 17.5. The topological polar surface area (TPSA) is 73.2 Å². The molecule has 6 heteroatoms. The molecule has 1 N–H and O–H groups in total. The van der Waals surface area contributed by atoms with Crippen molar-refractivity contribution >= 4 is 17.6 Å². The number of benzene rings is 2. The van der Waals surface area contributed by atoms with Crippen LogP contribution in [0.4, 0.5) is 5.69 Å². The van der Waals surface area contributed by atoms with E-state index in [4.69, 9.17) is 4.74 Å². The van der Waals surface area contributed by atoms with Crippen LogP contribution in [0.2, 0.25) is 0 Å². The number of nitrogens with zero attached hydrogens (tertiary/aromatic N) is 2. The summed E-state index contributed by atoms with van der Waals surface area (Å²) in [7, 11) is 0. The average molecular weight is 434 g/mol. The van der Waals surface area contributed by atoms with Gasteiger partial charge in [-0.3, -0.25) is 9.59 Å². The normalized spacial score (nSPS) is 12.8. The highest BCUT2D eigenvalue weighted by Crippen LogP contribution is 2.26. The molecule has 0 radical (unpaired) electrons. The van der Waals surface area contributed by atoms with Crippen LogP contribution < -0.4 is 5.32 Å². The van der Waals surface area contributed by atoms with Crippen molar-refractivity contribution < 1.29 is 14.3 Å². The van der Waals surface area contributed by atoms with E-state index in [0.717, 1.165) is 40.3 Å². The molecule has 2 unspecified atom stereocenters. The third kappa shape index (κ3) is 5.25. The number of hydrogen-bond donors (Lipinski definition) is 1. The van der Waals surface area contributed by atoms with Crippen LogP contribution in [-0.4, -0.2) is 27.8 Å². The SMILES string of the molecule is CCC(C)c1ccccc1NC(=O)C(C)OC(=O)Cc1c(C)nn(-c2ccccc2)c1C. The number of anilines is 1. The van der Waals surface area contributed by atoms with E-state index in [9.17, 15) is 9.59 Å². The van der Waals surface area contributed by atoms with E-state index < -0.39 is 12.1 Å². The summed E-state index contributed by atoms with van der Waals surface area (Å²) in [5.41, 5.74) is 5.22. The zero-order chi connectivity index (χ0) is 23.3. The highest BCUT2D eigenvalue weighted by Gasteiger charge is 2.22. The molecule has 0 spiro atoms. The van der Waals surface area contributed by atoms with Crippen LogP contribution in [0.25, 0.3) is 5.69 Å². The molecule has 1 aromatic heterocycles. The Morgan fingerprint density at radius 3 is 2.38 bits per heavy atom. The summed E-state index contributed by atoms with van der Waals surface area (Å²) in [5.74, 6) is -0.486. The van der Waals surface area contributed by atoms with E-state index in [1.165, 1.54) is 0 Å². The van der Waals surface area contributed by atoms with Gasteiger partial charge in [-0.05, 0) is 56.9 Å². The minimum atomic E-state index is -0.905. The Labute approximate surface area is 189 Å². The van der Waals surface area contributed by atoms with Crippen LogP contribution >= 0.6 is 0 Å². The van der Waals surface area contributed by atoms with E-state index in [-0.39, 0.29) is 12.3 Å². The number of carbonyl (C=O) groups excluding carboxylic acids is 2. The summed E-state index contributed by atoms with van der Waals surface area (Å²) in [6.45, 7) is 9.62. The van der Waals surface area contributed by atoms with Gasteiger partial charge in [0.2, 0.25) is 0 Å². The molecule has 3 aromatic rings. The first-order valence-electron chi connectivity index (χ1n) is 11.0. The van der Waals surface area contributed by atoms with Crippen LogP contribution in [0, 0.1) is 13.8 Å². The van der Waals surface area contributed by atoms with Gasteiger partial charge in [0.15, 0.2) is 6.10 Å². The zero-order valence-corrected chi connectivity index (χ0v) is 19.4. The van der Waals surface area contributed by atoms with Gasteiger partial charge in [-0.1, -0.05) is 50.2 Å². The lowest BCUT2D eigenvalue weighted by atomic mass is 9.97. The lowest BCUT2D eigenvalue weighted by Crippen LogP contribution is -2.31. The number of aryl methyl sites for hydroxylation is 1. The second-order valence-corrected chi connectivity index (χ2v) is 8.09. The van der Waals surface area contributed by atoms with E-state index in [1.807, 2.05) is 73.1 Å². The van der Waals surface area contributed by atoms with Crippen molar-refractivity contribution in [1.82, 2.24) is 9.78 Å². The number of hydrogen-bond acceptors (Lipinski definition) is 4. The molecule has 0 aliphatic carbocycles. The first-order valence-corrected chi connectivity index (χ1v) is 11.0. The fraction of sp³-hybridized carbons (Fsp3) is 0.346. The predicted molar refractivity (Wildman–Crippen MR) is 126 cm³/mol. The van der Waals surface area contributed by atoms with Gasteiger partial charge in [-0.25, -0.2) is 4.68 Å². The van der Waals surface area contributed by atoms with Gasteiger partial charge in [0.05, 0.1) is 17.8 Å². The van der Waals surface area contributed by atoms with E-state index in [1.54, 1.807) is 6.92 Å². The van der Waals surface area contributed by atoms with Crippen molar-refractivity contribution in [3.63, 3.8) is 0 Å². The zero-order valence-electron chi connectivity index (χ0n) is 19.4. The Morgan fingerprint density at radius 1 is 1.03 bits per heavy atom. The number of amides is 1. The highest BCUT2D eigenvalue weighted by molar-refractivity contribution is 5.95. The van der Waals surface area contributed by atoms with Gasteiger partial charge in [0.1, 0.15) is 0 Å². The molecule has 0 saturated carbocycles. The van der Waals surface area contributed by atoms with E-state index >= 15 is 0 Å². The molecule has 0 fully saturated rings. The molecule has 0 aliphatic rings. The van der Waals surface area contributed by atoms with Gasteiger partial charge >= 0.3 is 5.97 Å². The molecular weight excluding hydrogens is 402 g/mol. The summed E-state index contributed by atoms with van der Waals surface area (Å²) in [6.07, 6.45) is 0.121. The fourth-order valence-corrected chi connectivity index (χ4v) is 3.68. The molecule has 6 nitrogen and oxygen atoms in total. The van der Waals surface area contributed by atoms with Crippen LogP contribution in [0.1, 0.15) is 55.6 Å². The number of para-hydroxylation sites is 2. The van der Waals surface area contributed by atoms with Crippen LogP contribution in [-0.2, 0) is 20.7 Å². The van der Waals surface area contributed by atoms with Gasteiger partial charge in [-0.2, -0.15) is 5.10 Å². The van der Waals surface area contributed by atoms with E-state index in [0.29, 0.717) is 5.92 Å². The molecule has 2 aromatic carbocycles. The Bertz CT molecular complexity index is 1090. The molecule has 32 heavy (non-hydrogen) atoms. The Morgan fingerprint density at radius 2 is 1.69 bits per heavy atom. The number of esters is 1. The summed E-state index contributed by atoms with van der Waals surface area (Å²) in [5, 5.41) is 7.48. The molecular formula is C26H31N3O3. The second kappa shape index (κ2) is 10.3. The molecule has 1 heterocycles. The van der Waals surface area contributed by atoms with Crippen molar-refractivity contribution in [2.24, 2.45) is 0 Å². The fourth-order valence-electron chi connectivity index (χ4n) is 3.68. The smallest absolute Gasteiger partial charge is 0.311 e. The summed E-state index contributed by atoms with van der Waals surface area (Å²) >= 11 is 0. The van der Waals surface area contributed by atoms with Crippen LogP contribution in [0.3, 0.4) is 0 Å². The van der Waals surface area contributed by atoms with Gasteiger partial charge in [-0.15, -0.1) is 0 Å². The molecule has 0 bridgehead atoms. The van der Waals surface area contributed by atoms with Crippen molar-refractivity contribution in [3.8, 4) is 5.69 Å². The Kier molecular flexibility index (Phi) is 7.46. The largest absolute Gasteiger partial charge is 0.452 e. The van der Waals surface area contributed by atoms with E-state index in [2.05, 4.69) is 24.3 Å². The number of ether oxygens (including phenoxy) is 1. The third-order valence-electron chi connectivity index (χ3n) is 5.80. The number of rotatable bonds is 8. The van der Waals surface area contributed by atoms with Gasteiger partial charge in [0, 0.05) is 16.9 Å². The second-order valence-electron chi connectivity index (χ2n) is 8.09. The van der Waals surface area contributed by atoms with Crippen molar-refractivity contribution in [2.45, 2.75) is 59.5 Å². The Hall–Kier alpha value is -3.41.